The summed E-state index contributed by atoms with van der Waals surface area (Å²) < 4.78 is 13.0. The lowest BCUT2D eigenvalue weighted by atomic mass is 10.1. The van der Waals surface area contributed by atoms with E-state index in [2.05, 4.69) is 5.32 Å². The van der Waals surface area contributed by atoms with Crippen LogP contribution < -0.4 is 5.32 Å². The maximum atomic E-state index is 13.0. The van der Waals surface area contributed by atoms with E-state index in [4.69, 9.17) is 0 Å². The molecule has 20 heavy (non-hydrogen) atoms. The molecule has 0 radical (unpaired) electrons. The largest absolute Gasteiger partial charge is 0.394 e. The normalized spacial score (nSPS) is 11.9. The van der Waals surface area contributed by atoms with Crippen molar-refractivity contribution < 1.29 is 14.3 Å². The summed E-state index contributed by atoms with van der Waals surface area (Å²) in [4.78, 5) is 11.9. The van der Waals surface area contributed by atoms with Gasteiger partial charge in [-0.1, -0.05) is 42.5 Å². The molecule has 0 aliphatic heterocycles. The van der Waals surface area contributed by atoms with E-state index in [1.807, 2.05) is 30.3 Å². The fraction of sp³-hybridized carbons (Fsp3) is 0.188. The van der Waals surface area contributed by atoms with Crippen molar-refractivity contribution in [3.63, 3.8) is 0 Å². The van der Waals surface area contributed by atoms with Gasteiger partial charge in [-0.2, -0.15) is 0 Å². The van der Waals surface area contributed by atoms with E-state index in [-0.39, 0.29) is 24.8 Å². The van der Waals surface area contributed by atoms with E-state index in [1.54, 1.807) is 12.1 Å². The lowest BCUT2D eigenvalue weighted by Crippen LogP contribution is -2.31. The van der Waals surface area contributed by atoms with Gasteiger partial charge < -0.3 is 10.4 Å². The molecule has 1 unspecified atom stereocenters. The Hall–Kier alpha value is -2.20. The minimum atomic E-state index is -0.447. The Bertz CT molecular complexity index is 572. The molecule has 0 spiro atoms. The Morgan fingerprint density at radius 2 is 1.90 bits per heavy atom. The smallest absolute Gasteiger partial charge is 0.224 e. The fourth-order valence-corrected chi connectivity index (χ4v) is 2.00. The van der Waals surface area contributed by atoms with Crippen LogP contribution in [0.25, 0.3) is 0 Å². The molecular weight excluding hydrogens is 257 g/mol. The van der Waals surface area contributed by atoms with Gasteiger partial charge in [-0.05, 0) is 23.3 Å². The standard InChI is InChI=1S/C16H16FNO2/c17-14-8-4-5-12(9-14)10-16(20)18-15(11-19)13-6-2-1-3-7-13/h1-9,15,19H,10-11H2,(H,18,20). The first-order valence-corrected chi connectivity index (χ1v) is 6.38. The summed E-state index contributed by atoms with van der Waals surface area (Å²) in [5.74, 6) is -0.615. The van der Waals surface area contributed by atoms with Crippen molar-refractivity contribution in [2.24, 2.45) is 0 Å². The highest BCUT2D eigenvalue weighted by Gasteiger charge is 2.13. The molecule has 104 valence electrons. The number of hydrogen-bond donors (Lipinski definition) is 2. The van der Waals surface area contributed by atoms with Gasteiger partial charge in [-0.3, -0.25) is 4.79 Å². The Balaban J connectivity index is 2.00. The van der Waals surface area contributed by atoms with Crippen LogP contribution in [-0.2, 0) is 11.2 Å². The van der Waals surface area contributed by atoms with Gasteiger partial charge in [-0.25, -0.2) is 4.39 Å². The van der Waals surface area contributed by atoms with E-state index >= 15 is 0 Å². The molecular formula is C16H16FNO2. The molecule has 0 saturated carbocycles. The van der Waals surface area contributed by atoms with Gasteiger partial charge in [0.05, 0.1) is 19.1 Å². The Labute approximate surface area is 117 Å². The topological polar surface area (TPSA) is 49.3 Å². The van der Waals surface area contributed by atoms with Gasteiger partial charge >= 0.3 is 0 Å². The number of hydrogen-bond acceptors (Lipinski definition) is 2. The first-order chi connectivity index (χ1) is 9.69. The first kappa shape index (κ1) is 14.2. The number of amides is 1. The van der Waals surface area contributed by atoms with Gasteiger partial charge in [0.25, 0.3) is 0 Å². The highest BCUT2D eigenvalue weighted by Crippen LogP contribution is 2.12. The second kappa shape index (κ2) is 6.82. The number of aliphatic hydroxyl groups excluding tert-OH is 1. The van der Waals surface area contributed by atoms with Crippen molar-refractivity contribution in [2.75, 3.05) is 6.61 Å². The highest BCUT2D eigenvalue weighted by atomic mass is 19.1. The number of rotatable bonds is 5. The minimum absolute atomic E-state index is 0.0844. The van der Waals surface area contributed by atoms with Crippen LogP contribution in [0, 0.1) is 5.82 Å². The zero-order chi connectivity index (χ0) is 14.4. The van der Waals surface area contributed by atoms with Crippen LogP contribution in [0.15, 0.2) is 54.6 Å². The average Bonchev–Trinajstić information content (AvgIpc) is 2.45. The number of aliphatic hydroxyl groups is 1. The molecule has 1 amide bonds. The van der Waals surface area contributed by atoms with Crippen molar-refractivity contribution in [1.29, 1.82) is 0 Å². The van der Waals surface area contributed by atoms with Crippen LogP contribution in [0.5, 0.6) is 0 Å². The van der Waals surface area contributed by atoms with Crippen molar-refractivity contribution >= 4 is 5.91 Å². The minimum Gasteiger partial charge on any atom is -0.394 e. The fourth-order valence-electron chi connectivity index (χ4n) is 2.00. The molecule has 2 aromatic carbocycles. The molecule has 2 rings (SSSR count). The summed E-state index contributed by atoms with van der Waals surface area (Å²) in [5.41, 5.74) is 1.44. The van der Waals surface area contributed by atoms with Gasteiger partial charge in [0.15, 0.2) is 0 Å². The van der Waals surface area contributed by atoms with Crippen LogP contribution in [0.4, 0.5) is 4.39 Å². The van der Waals surface area contributed by atoms with E-state index in [9.17, 15) is 14.3 Å². The van der Waals surface area contributed by atoms with Crippen LogP contribution >= 0.6 is 0 Å². The summed E-state index contributed by atoms with van der Waals surface area (Å²) in [6.45, 7) is -0.182. The number of nitrogens with one attached hydrogen (secondary N) is 1. The van der Waals surface area contributed by atoms with Crippen LogP contribution in [-0.4, -0.2) is 17.6 Å². The number of halogens is 1. The van der Waals surface area contributed by atoms with E-state index in [1.165, 1.54) is 12.1 Å². The maximum absolute atomic E-state index is 13.0. The van der Waals surface area contributed by atoms with Crippen LogP contribution in [0.2, 0.25) is 0 Å². The summed E-state index contributed by atoms with van der Waals surface area (Å²) in [7, 11) is 0. The van der Waals surface area contributed by atoms with Crippen molar-refractivity contribution in [3.05, 3.63) is 71.5 Å². The van der Waals surface area contributed by atoms with Crippen LogP contribution in [0.3, 0.4) is 0 Å². The maximum Gasteiger partial charge on any atom is 0.224 e. The zero-order valence-corrected chi connectivity index (χ0v) is 10.9. The highest BCUT2D eigenvalue weighted by molar-refractivity contribution is 5.79. The lowest BCUT2D eigenvalue weighted by molar-refractivity contribution is -0.121. The molecule has 0 heterocycles. The zero-order valence-electron chi connectivity index (χ0n) is 10.9. The second-order valence-corrected chi connectivity index (χ2v) is 4.52. The molecule has 0 saturated heterocycles. The molecule has 2 aromatic rings. The molecule has 2 N–H and O–H groups in total. The first-order valence-electron chi connectivity index (χ1n) is 6.38. The van der Waals surface area contributed by atoms with Crippen molar-refractivity contribution in [3.8, 4) is 0 Å². The Morgan fingerprint density at radius 3 is 2.55 bits per heavy atom. The molecule has 0 bridgehead atoms. The van der Waals surface area contributed by atoms with E-state index in [0.29, 0.717) is 5.56 Å². The number of carbonyl (C=O) groups is 1. The Morgan fingerprint density at radius 1 is 1.15 bits per heavy atom. The Kier molecular flexibility index (Phi) is 4.85. The molecule has 0 fully saturated rings. The summed E-state index contributed by atoms with van der Waals surface area (Å²) in [6, 6.07) is 14.7. The number of carbonyl (C=O) groups excluding carboxylic acids is 1. The quantitative estimate of drug-likeness (QED) is 0.877. The third kappa shape index (κ3) is 3.90. The number of benzene rings is 2. The molecule has 3 nitrogen and oxygen atoms in total. The average molecular weight is 273 g/mol. The van der Waals surface area contributed by atoms with Crippen molar-refractivity contribution in [1.82, 2.24) is 5.32 Å². The molecule has 0 aliphatic carbocycles. The summed E-state index contributed by atoms with van der Waals surface area (Å²) in [6.07, 6.45) is 0.0844. The van der Waals surface area contributed by atoms with E-state index < -0.39 is 6.04 Å². The van der Waals surface area contributed by atoms with E-state index in [0.717, 1.165) is 5.56 Å². The SMILES string of the molecule is O=C(Cc1cccc(F)c1)NC(CO)c1ccccc1. The molecule has 0 aromatic heterocycles. The lowest BCUT2D eigenvalue weighted by Gasteiger charge is -2.16. The van der Waals surface area contributed by atoms with Gasteiger partial charge in [-0.15, -0.1) is 0 Å². The van der Waals surface area contributed by atoms with Crippen molar-refractivity contribution in [2.45, 2.75) is 12.5 Å². The monoisotopic (exact) mass is 273 g/mol. The summed E-state index contributed by atoms with van der Waals surface area (Å²) in [5, 5.41) is 12.1. The second-order valence-electron chi connectivity index (χ2n) is 4.52. The predicted octanol–water partition coefficient (Wildman–Crippen LogP) is 2.22. The molecule has 0 aliphatic rings. The van der Waals surface area contributed by atoms with Gasteiger partial charge in [0, 0.05) is 0 Å². The summed E-state index contributed by atoms with van der Waals surface area (Å²) >= 11 is 0. The third-order valence-electron chi connectivity index (χ3n) is 2.97. The molecule has 4 heteroatoms. The molecule has 1 atom stereocenters. The van der Waals surface area contributed by atoms with Gasteiger partial charge in [0.1, 0.15) is 5.82 Å². The third-order valence-corrected chi connectivity index (χ3v) is 2.97. The van der Waals surface area contributed by atoms with Gasteiger partial charge in [0.2, 0.25) is 5.91 Å². The van der Waals surface area contributed by atoms with Crippen LogP contribution in [0.1, 0.15) is 17.2 Å². The predicted molar refractivity (Wildman–Crippen MR) is 74.5 cm³/mol.